The zero-order chi connectivity index (χ0) is 25.3. The number of benzene rings is 1. The SMILES string of the molecule is CC(C)=CCC/C(C)=C/C(=O)N1CCN(c2cc3c(cc2F)c(=O)c(C(=O)O)cn3C2CC2)CC1. The molecule has 2 fully saturated rings. The zero-order valence-corrected chi connectivity index (χ0v) is 20.5. The fourth-order valence-electron chi connectivity index (χ4n) is 4.54. The van der Waals surface area contributed by atoms with E-state index in [2.05, 4.69) is 19.9 Å². The molecule has 35 heavy (non-hydrogen) atoms. The predicted molar refractivity (Wildman–Crippen MR) is 135 cm³/mol. The van der Waals surface area contributed by atoms with Crippen molar-refractivity contribution in [3.05, 3.63) is 63.2 Å². The van der Waals surface area contributed by atoms with Gasteiger partial charge < -0.3 is 19.5 Å². The van der Waals surface area contributed by atoms with Crippen molar-refractivity contribution in [3.8, 4) is 0 Å². The van der Waals surface area contributed by atoms with Crippen molar-refractivity contribution in [1.82, 2.24) is 9.47 Å². The largest absolute Gasteiger partial charge is 0.477 e. The fraction of sp³-hybridized carbons (Fsp3) is 0.444. The second kappa shape index (κ2) is 10.1. The summed E-state index contributed by atoms with van der Waals surface area (Å²) in [5.74, 6) is -1.89. The Bertz CT molecular complexity index is 1280. The van der Waals surface area contributed by atoms with Gasteiger partial charge in [0.2, 0.25) is 11.3 Å². The van der Waals surface area contributed by atoms with Crippen molar-refractivity contribution >= 4 is 28.5 Å². The summed E-state index contributed by atoms with van der Waals surface area (Å²) in [6.45, 7) is 7.97. The topological polar surface area (TPSA) is 82.8 Å². The van der Waals surface area contributed by atoms with Gasteiger partial charge in [-0.1, -0.05) is 17.2 Å². The van der Waals surface area contributed by atoms with Gasteiger partial charge in [0.15, 0.2) is 0 Å². The van der Waals surface area contributed by atoms with E-state index in [1.54, 1.807) is 21.6 Å². The van der Waals surface area contributed by atoms with Crippen LogP contribution in [-0.2, 0) is 4.79 Å². The Balaban J connectivity index is 1.52. The van der Waals surface area contributed by atoms with Crippen molar-refractivity contribution in [3.63, 3.8) is 0 Å². The number of rotatable bonds is 7. The summed E-state index contributed by atoms with van der Waals surface area (Å²) < 4.78 is 16.9. The van der Waals surface area contributed by atoms with E-state index in [1.807, 2.05) is 11.8 Å². The lowest BCUT2D eigenvalue weighted by atomic mass is 10.1. The summed E-state index contributed by atoms with van der Waals surface area (Å²) >= 11 is 0. The molecule has 186 valence electrons. The molecule has 1 saturated carbocycles. The monoisotopic (exact) mass is 481 g/mol. The third kappa shape index (κ3) is 5.47. The number of pyridine rings is 1. The van der Waals surface area contributed by atoms with Crippen molar-refractivity contribution in [1.29, 1.82) is 0 Å². The van der Waals surface area contributed by atoms with Crippen LogP contribution in [0.1, 0.15) is 62.9 Å². The Morgan fingerprint density at radius 3 is 2.40 bits per heavy atom. The van der Waals surface area contributed by atoms with E-state index in [9.17, 15) is 19.5 Å². The van der Waals surface area contributed by atoms with Gasteiger partial charge in [0.1, 0.15) is 11.4 Å². The van der Waals surface area contributed by atoms with Crippen LogP contribution in [0.3, 0.4) is 0 Å². The number of hydrogen-bond donors (Lipinski definition) is 1. The molecule has 8 heteroatoms. The zero-order valence-electron chi connectivity index (χ0n) is 20.5. The number of amides is 1. The van der Waals surface area contributed by atoms with Crippen LogP contribution in [0.25, 0.3) is 10.9 Å². The van der Waals surface area contributed by atoms with Crippen LogP contribution in [0.15, 0.2) is 46.4 Å². The highest BCUT2D eigenvalue weighted by Gasteiger charge is 2.29. The van der Waals surface area contributed by atoms with Crippen LogP contribution < -0.4 is 10.3 Å². The Hall–Kier alpha value is -3.42. The Kier molecular flexibility index (Phi) is 7.10. The number of aromatic nitrogens is 1. The molecule has 0 bridgehead atoms. The first-order chi connectivity index (χ1) is 16.7. The van der Waals surface area contributed by atoms with Gasteiger partial charge in [0, 0.05) is 49.9 Å². The number of aromatic carboxylic acids is 1. The number of carboxylic acid groups (broad SMARTS) is 1. The number of carbonyl (C=O) groups excluding carboxylic acids is 1. The Labute approximate surface area is 204 Å². The predicted octanol–water partition coefficient (Wildman–Crippen LogP) is 4.52. The van der Waals surface area contributed by atoms with Crippen LogP contribution >= 0.6 is 0 Å². The van der Waals surface area contributed by atoms with Gasteiger partial charge >= 0.3 is 5.97 Å². The molecular weight excluding hydrogens is 449 g/mol. The van der Waals surface area contributed by atoms with Gasteiger partial charge in [-0.15, -0.1) is 0 Å². The van der Waals surface area contributed by atoms with Crippen LogP contribution in [0.4, 0.5) is 10.1 Å². The number of fused-ring (bicyclic) bond motifs is 1. The second-order valence-corrected chi connectivity index (χ2v) is 9.76. The summed E-state index contributed by atoms with van der Waals surface area (Å²) in [4.78, 5) is 40.6. The van der Waals surface area contributed by atoms with Crippen molar-refractivity contribution in [2.45, 2.75) is 52.5 Å². The molecule has 2 heterocycles. The lowest BCUT2D eigenvalue weighted by molar-refractivity contribution is -0.126. The van der Waals surface area contributed by atoms with Gasteiger partial charge in [0.25, 0.3) is 0 Å². The summed E-state index contributed by atoms with van der Waals surface area (Å²) in [5.41, 5.74) is 2.21. The first-order valence-electron chi connectivity index (χ1n) is 12.1. The first-order valence-corrected chi connectivity index (χ1v) is 12.1. The average molecular weight is 482 g/mol. The highest BCUT2D eigenvalue weighted by molar-refractivity contribution is 5.93. The minimum atomic E-state index is -1.31. The minimum absolute atomic E-state index is 0.0258. The van der Waals surface area contributed by atoms with Crippen LogP contribution in [0.5, 0.6) is 0 Å². The van der Waals surface area contributed by atoms with Crippen molar-refractivity contribution < 1.29 is 19.1 Å². The molecular formula is C27H32FN3O4. The smallest absolute Gasteiger partial charge is 0.341 e. The number of hydrogen-bond acceptors (Lipinski definition) is 4. The third-order valence-electron chi connectivity index (χ3n) is 6.66. The van der Waals surface area contributed by atoms with Gasteiger partial charge in [-0.25, -0.2) is 9.18 Å². The van der Waals surface area contributed by atoms with E-state index in [1.165, 1.54) is 11.8 Å². The fourth-order valence-corrected chi connectivity index (χ4v) is 4.54. The normalized spacial score (nSPS) is 16.5. The maximum absolute atomic E-state index is 15.1. The van der Waals surface area contributed by atoms with Crippen LogP contribution in [-0.4, -0.2) is 52.6 Å². The molecule has 1 aromatic heterocycles. The maximum atomic E-state index is 15.1. The first kappa shape index (κ1) is 24.7. The highest BCUT2D eigenvalue weighted by atomic mass is 19.1. The van der Waals surface area contributed by atoms with E-state index in [4.69, 9.17) is 0 Å². The summed E-state index contributed by atoms with van der Waals surface area (Å²) in [6, 6.07) is 2.94. The van der Waals surface area contributed by atoms with Crippen molar-refractivity contribution in [2.24, 2.45) is 0 Å². The van der Waals surface area contributed by atoms with E-state index in [-0.39, 0.29) is 22.9 Å². The third-order valence-corrected chi connectivity index (χ3v) is 6.66. The lowest BCUT2D eigenvalue weighted by Gasteiger charge is -2.36. The molecule has 1 amide bonds. The second-order valence-electron chi connectivity index (χ2n) is 9.76. The summed E-state index contributed by atoms with van der Waals surface area (Å²) in [7, 11) is 0. The van der Waals surface area contributed by atoms with Crippen LogP contribution in [0.2, 0.25) is 0 Å². The summed E-state index contributed by atoms with van der Waals surface area (Å²) in [5, 5.41) is 9.50. The number of nitrogens with zero attached hydrogens (tertiary/aromatic N) is 3. The number of halogens is 1. The molecule has 7 nitrogen and oxygen atoms in total. The minimum Gasteiger partial charge on any atom is -0.477 e. The molecule has 2 aromatic rings. The summed E-state index contributed by atoms with van der Waals surface area (Å²) in [6.07, 6.45) is 8.77. The van der Waals surface area contributed by atoms with Gasteiger partial charge in [0.05, 0.1) is 11.2 Å². The molecule has 0 radical (unpaired) electrons. The molecule has 0 atom stereocenters. The number of piperazine rings is 1. The van der Waals surface area contributed by atoms with E-state index < -0.39 is 17.2 Å². The maximum Gasteiger partial charge on any atom is 0.341 e. The number of allylic oxidation sites excluding steroid dienone is 3. The molecule has 1 aliphatic carbocycles. The van der Waals surface area contributed by atoms with Gasteiger partial charge in [-0.2, -0.15) is 0 Å². The molecule has 1 N–H and O–H groups in total. The molecule has 1 aliphatic heterocycles. The van der Waals surface area contributed by atoms with Gasteiger partial charge in [-0.05, 0) is 58.6 Å². The molecule has 1 aromatic carbocycles. The Morgan fingerprint density at radius 2 is 1.80 bits per heavy atom. The number of carbonyl (C=O) groups is 2. The van der Waals surface area contributed by atoms with E-state index in [0.29, 0.717) is 37.4 Å². The molecule has 4 rings (SSSR count). The molecule has 0 unspecified atom stereocenters. The molecule has 1 saturated heterocycles. The van der Waals surface area contributed by atoms with Gasteiger partial charge in [-0.3, -0.25) is 9.59 Å². The number of carboxylic acids is 1. The molecule has 0 spiro atoms. The van der Waals surface area contributed by atoms with E-state index >= 15 is 4.39 Å². The Morgan fingerprint density at radius 1 is 1.11 bits per heavy atom. The van der Waals surface area contributed by atoms with E-state index in [0.717, 1.165) is 37.3 Å². The van der Waals surface area contributed by atoms with Crippen LogP contribution in [0, 0.1) is 5.82 Å². The van der Waals surface area contributed by atoms with Crippen molar-refractivity contribution in [2.75, 3.05) is 31.1 Å². The quantitative estimate of drug-likeness (QED) is 0.465. The lowest BCUT2D eigenvalue weighted by Crippen LogP contribution is -2.48. The average Bonchev–Trinajstić information content (AvgIpc) is 3.64. The highest BCUT2D eigenvalue weighted by Crippen LogP contribution is 2.38. The number of anilines is 1. The molecule has 2 aliphatic rings. The standard InChI is InChI=1S/C27H32FN3O4/c1-17(2)5-4-6-18(3)13-25(32)30-11-9-29(10-12-30)24-15-23-20(14-22(24)28)26(33)21(27(34)35)16-31(23)19-7-8-19/h5,13-16,19H,4,6-12H2,1-3H3,(H,34,35)/b18-13+.